The van der Waals surface area contributed by atoms with Crippen LogP contribution in [0.25, 0.3) is 22.2 Å². The number of nitrogens with zero attached hydrogens (tertiary/aromatic N) is 8. The molecule has 2 atom stereocenters. The molecule has 3 aliphatic heterocycles. The van der Waals surface area contributed by atoms with Crippen LogP contribution in [0.4, 0.5) is 15.9 Å². The zero-order valence-electron chi connectivity index (χ0n) is 36.9. The van der Waals surface area contributed by atoms with Gasteiger partial charge in [0, 0.05) is 95.0 Å². The summed E-state index contributed by atoms with van der Waals surface area (Å²) >= 11 is 0. The maximum atomic E-state index is 13.5. The molecule has 66 heavy (non-hydrogen) atoms. The normalized spacial score (nSPS) is 17.8. The van der Waals surface area contributed by atoms with Crippen molar-refractivity contribution in [3.63, 3.8) is 0 Å². The van der Waals surface area contributed by atoms with E-state index in [4.69, 9.17) is 0 Å². The Labute approximate surface area is 381 Å². The van der Waals surface area contributed by atoms with Gasteiger partial charge in [0.25, 0.3) is 0 Å². The lowest BCUT2D eigenvalue weighted by Gasteiger charge is -2.39. The second kappa shape index (κ2) is 19.6. The van der Waals surface area contributed by atoms with Gasteiger partial charge in [0.05, 0.1) is 17.2 Å². The number of hydrogen-bond donors (Lipinski definition) is 3. The van der Waals surface area contributed by atoms with Gasteiger partial charge < -0.3 is 20.4 Å². The standard InChI is InChI=1S/C49H54FN11O5/c1-56-42-27-39(12-13-40(42)61(49(56)66)41-14-16-44(62)55-47(41)64)58-25-23-57(24-26-58)30-34-18-21-59(22-19-34)45(63)32-60-31-37(29-53-60)36-9-15-43(52-28-36)54-48(65)46(35-5-3-2-4-6-35)51-20-17-33-7-10-38(50)11-8-33/h2-13,15,27-29,31,34,41,46,51H,14,16-26,30,32H2,1H3,(H,52,54,65)(H,55,62,64)/t41?,46-/m1/s1. The second-order valence-corrected chi connectivity index (χ2v) is 17.5. The van der Waals surface area contributed by atoms with Gasteiger partial charge in [-0.05, 0) is 85.2 Å². The highest BCUT2D eigenvalue weighted by atomic mass is 19.1. The number of pyridine rings is 1. The zero-order valence-corrected chi connectivity index (χ0v) is 36.9. The fraction of sp³-hybridized carbons (Fsp3) is 0.367. The van der Waals surface area contributed by atoms with Crippen molar-refractivity contribution in [1.82, 2.24) is 44.3 Å². The minimum Gasteiger partial charge on any atom is -0.369 e. The van der Waals surface area contributed by atoms with E-state index in [1.165, 1.54) is 16.7 Å². The number of imide groups is 1. The summed E-state index contributed by atoms with van der Waals surface area (Å²) in [6.45, 7) is 6.58. The lowest BCUT2D eigenvalue weighted by Crippen LogP contribution is -2.49. The van der Waals surface area contributed by atoms with Gasteiger partial charge in [-0.3, -0.25) is 43.2 Å². The van der Waals surface area contributed by atoms with Crippen LogP contribution in [-0.2, 0) is 39.2 Å². The smallest absolute Gasteiger partial charge is 0.329 e. The first kappa shape index (κ1) is 44.2. The minimum absolute atomic E-state index is 0.0362. The number of likely N-dealkylation sites (tertiary alicyclic amines) is 1. The molecule has 6 heterocycles. The number of hydrogen-bond acceptors (Lipinski definition) is 10. The van der Waals surface area contributed by atoms with Crippen LogP contribution in [0.3, 0.4) is 0 Å². The highest BCUT2D eigenvalue weighted by molar-refractivity contribution is 6.00. The maximum Gasteiger partial charge on any atom is 0.329 e. The molecule has 3 saturated heterocycles. The number of rotatable bonds is 14. The third-order valence-electron chi connectivity index (χ3n) is 13.2. The molecule has 0 saturated carbocycles. The van der Waals surface area contributed by atoms with Crippen molar-refractivity contribution in [2.75, 3.05) is 62.6 Å². The first-order valence-corrected chi connectivity index (χ1v) is 22.7. The summed E-state index contributed by atoms with van der Waals surface area (Å²) in [4.78, 5) is 75.8. The third kappa shape index (κ3) is 9.96. The van der Waals surface area contributed by atoms with E-state index in [-0.39, 0.29) is 42.2 Å². The number of carbonyl (C=O) groups excluding carboxylic acids is 4. The molecule has 3 N–H and O–H groups in total. The summed E-state index contributed by atoms with van der Waals surface area (Å²) in [7, 11) is 1.72. The van der Waals surface area contributed by atoms with Gasteiger partial charge in [-0.15, -0.1) is 0 Å². The number of nitrogens with one attached hydrogen (secondary N) is 3. The molecule has 3 aromatic heterocycles. The Bertz CT molecular complexity index is 2750. The predicted octanol–water partition coefficient (Wildman–Crippen LogP) is 4.29. The molecule has 3 aromatic carbocycles. The van der Waals surface area contributed by atoms with Gasteiger partial charge in [0.2, 0.25) is 23.6 Å². The lowest BCUT2D eigenvalue weighted by molar-refractivity contribution is -0.136. The van der Waals surface area contributed by atoms with E-state index in [9.17, 15) is 28.4 Å². The van der Waals surface area contributed by atoms with Crippen molar-refractivity contribution in [3.8, 4) is 11.1 Å². The van der Waals surface area contributed by atoms with Crippen molar-refractivity contribution in [3.05, 3.63) is 131 Å². The monoisotopic (exact) mass is 895 g/mol. The van der Waals surface area contributed by atoms with Gasteiger partial charge in [0.1, 0.15) is 30.3 Å². The summed E-state index contributed by atoms with van der Waals surface area (Å²) in [6, 6.07) is 24.0. The van der Waals surface area contributed by atoms with E-state index in [0.717, 1.165) is 79.0 Å². The third-order valence-corrected chi connectivity index (χ3v) is 13.2. The summed E-state index contributed by atoms with van der Waals surface area (Å²) in [5.41, 5.74) is 5.60. The Hall–Kier alpha value is -6.98. The highest BCUT2D eigenvalue weighted by Crippen LogP contribution is 2.28. The Morgan fingerprint density at radius 1 is 0.848 bits per heavy atom. The molecule has 342 valence electrons. The number of benzene rings is 3. The molecule has 3 fully saturated rings. The molecule has 0 radical (unpaired) electrons. The van der Waals surface area contributed by atoms with Crippen molar-refractivity contribution in [2.45, 2.75) is 50.7 Å². The van der Waals surface area contributed by atoms with E-state index in [0.29, 0.717) is 49.7 Å². The van der Waals surface area contributed by atoms with Crippen molar-refractivity contribution < 1.29 is 23.6 Å². The number of carbonyl (C=O) groups is 4. The minimum atomic E-state index is -0.709. The Morgan fingerprint density at radius 2 is 1.62 bits per heavy atom. The molecule has 0 spiro atoms. The van der Waals surface area contributed by atoms with E-state index in [2.05, 4.69) is 35.8 Å². The first-order valence-electron chi connectivity index (χ1n) is 22.7. The van der Waals surface area contributed by atoms with Gasteiger partial charge >= 0.3 is 5.69 Å². The second-order valence-electron chi connectivity index (χ2n) is 17.5. The largest absolute Gasteiger partial charge is 0.369 e. The number of piperidine rings is 2. The van der Waals surface area contributed by atoms with Gasteiger partial charge in [-0.25, -0.2) is 14.2 Å². The molecule has 6 aromatic rings. The number of fused-ring (bicyclic) bond motifs is 1. The van der Waals surface area contributed by atoms with Crippen molar-refractivity contribution in [1.29, 1.82) is 0 Å². The average Bonchev–Trinajstić information content (AvgIpc) is 3.90. The van der Waals surface area contributed by atoms with E-state index in [1.54, 1.807) is 46.9 Å². The van der Waals surface area contributed by atoms with Gasteiger partial charge in [0.15, 0.2) is 0 Å². The van der Waals surface area contributed by atoms with Crippen LogP contribution in [0.15, 0.2) is 108 Å². The van der Waals surface area contributed by atoms with Crippen LogP contribution in [0, 0.1) is 11.7 Å². The van der Waals surface area contributed by atoms with Crippen LogP contribution < -0.4 is 26.5 Å². The Balaban J connectivity index is 0.719. The molecule has 3 aliphatic rings. The van der Waals surface area contributed by atoms with Crippen molar-refractivity contribution in [2.24, 2.45) is 13.0 Å². The molecular weight excluding hydrogens is 842 g/mol. The van der Waals surface area contributed by atoms with Crippen LogP contribution in [0.5, 0.6) is 0 Å². The number of aryl methyl sites for hydroxylation is 1. The SMILES string of the molecule is Cn1c(=O)n(C2CCC(=O)NC2=O)c2ccc(N3CCN(CC4CCN(C(=O)Cn5cc(-c6ccc(NC(=O)[C@H](NCCc7ccc(F)cc7)c7ccccc7)nc6)cn5)CC4)CC3)cc21. The molecule has 17 heteroatoms. The molecular formula is C49H54FN11O5. The Morgan fingerprint density at radius 3 is 2.35 bits per heavy atom. The Kier molecular flexibility index (Phi) is 13.2. The number of aromatic nitrogens is 5. The van der Waals surface area contributed by atoms with Crippen LogP contribution >= 0.6 is 0 Å². The summed E-state index contributed by atoms with van der Waals surface area (Å²) in [5.74, 6) is -0.337. The van der Waals surface area contributed by atoms with E-state index in [1.807, 2.05) is 65.7 Å². The predicted molar refractivity (Wildman–Crippen MR) is 248 cm³/mol. The maximum absolute atomic E-state index is 13.5. The molecule has 0 bridgehead atoms. The van der Waals surface area contributed by atoms with E-state index < -0.39 is 18.0 Å². The summed E-state index contributed by atoms with van der Waals surface area (Å²) < 4.78 is 18.1. The average molecular weight is 896 g/mol. The van der Waals surface area contributed by atoms with Gasteiger partial charge in [-0.2, -0.15) is 5.10 Å². The number of imidazole rings is 1. The summed E-state index contributed by atoms with van der Waals surface area (Å²) in [5, 5.41) is 13.1. The molecule has 16 nitrogen and oxygen atoms in total. The first-order chi connectivity index (χ1) is 32.1. The van der Waals surface area contributed by atoms with E-state index >= 15 is 0 Å². The number of piperazine rings is 1. The van der Waals surface area contributed by atoms with Crippen LogP contribution in [0.1, 0.15) is 48.9 Å². The number of amides is 4. The fourth-order valence-corrected chi connectivity index (χ4v) is 9.39. The zero-order chi connectivity index (χ0) is 45.7. The quantitative estimate of drug-likeness (QED) is 0.134. The highest BCUT2D eigenvalue weighted by Gasteiger charge is 2.32. The molecule has 9 rings (SSSR count). The topological polar surface area (TPSA) is 172 Å². The lowest BCUT2D eigenvalue weighted by atomic mass is 9.96. The molecule has 0 aliphatic carbocycles. The molecule has 4 amide bonds. The van der Waals surface area contributed by atoms with Crippen LogP contribution in [-0.4, -0.2) is 110 Å². The fourth-order valence-electron chi connectivity index (χ4n) is 9.39. The number of halogens is 1. The molecule has 1 unspecified atom stereocenters. The number of anilines is 2. The summed E-state index contributed by atoms with van der Waals surface area (Å²) in [6.07, 6.45) is 8.25. The van der Waals surface area contributed by atoms with Gasteiger partial charge in [-0.1, -0.05) is 42.5 Å². The van der Waals surface area contributed by atoms with Crippen molar-refractivity contribution >= 4 is 46.2 Å². The van der Waals surface area contributed by atoms with Crippen LogP contribution in [0.2, 0.25) is 0 Å².